The van der Waals surface area contributed by atoms with E-state index in [1.54, 1.807) is 13.8 Å². The lowest BCUT2D eigenvalue weighted by Crippen LogP contribution is -2.39. The van der Waals surface area contributed by atoms with E-state index in [9.17, 15) is 32.7 Å². The Kier molecular flexibility index (Phi) is 10.3. The fraction of sp³-hybridized carbons (Fsp3) is 0.556. The minimum atomic E-state index is -4.95. The van der Waals surface area contributed by atoms with Crippen LogP contribution in [0.3, 0.4) is 0 Å². The fourth-order valence-corrected chi connectivity index (χ4v) is 5.57. The number of carboxylic acids is 1. The molecule has 0 bridgehead atoms. The van der Waals surface area contributed by atoms with Crippen molar-refractivity contribution in [2.45, 2.75) is 71.5 Å². The molecule has 1 aromatic carbocycles. The van der Waals surface area contributed by atoms with Crippen molar-refractivity contribution in [3.8, 4) is 0 Å². The van der Waals surface area contributed by atoms with Crippen LogP contribution in [0.4, 0.5) is 13.2 Å². The summed E-state index contributed by atoms with van der Waals surface area (Å²) in [7, 11) is 0. The second-order valence-corrected chi connectivity index (χ2v) is 11.2. The molecule has 8 nitrogen and oxygen atoms in total. The van der Waals surface area contributed by atoms with Gasteiger partial charge in [-0.3, -0.25) is 19.1 Å². The Morgan fingerprint density at radius 2 is 1.80 bits per heavy atom. The predicted molar refractivity (Wildman–Crippen MR) is 143 cm³/mol. The Bertz CT molecular complexity index is 1230. The van der Waals surface area contributed by atoms with E-state index in [4.69, 9.17) is 27.9 Å². The molecule has 0 aliphatic heterocycles. The van der Waals surface area contributed by atoms with Gasteiger partial charge >= 0.3 is 12.1 Å². The maximum atomic E-state index is 14.4. The minimum Gasteiger partial charge on any atom is -0.481 e. The van der Waals surface area contributed by atoms with Crippen LogP contribution < -0.4 is 0 Å². The molecule has 3 rings (SSSR count). The number of carboxylic acid groups (broad SMARTS) is 1. The highest BCUT2D eigenvalue weighted by Crippen LogP contribution is 2.43. The van der Waals surface area contributed by atoms with Crippen LogP contribution in [0.1, 0.15) is 90.4 Å². The van der Waals surface area contributed by atoms with Crippen LogP contribution >= 0.6 is 23.2 Å². The number of amides is 1. The van der Waals surface area contributed by atoms with Gasteiger partial charge in [0.25, 0.3) is 5.91 Å². The fourth-order valence-electron chi connectivity index (χ4n) is 4.76. The van der Waals surface area contributed by atoms with Crippen molar-refractivity contribution in [3.63, 3.8) is 0 Å². The van der Waals surface area contributed by atoms with Crippen molar-refractivity contribution in [1.29, 1.82) is 0 Å². The second-order valence-electron chi connectivity index (χ2n) is 10.4. The van der Waals surface area contributed by atoms with Crippen LogP contribution in [0.2, 0.25) is 10.0 Å². The highest BCUT2D eigenvalue weighted by molar-refractivity contribution is 6.40. The third kappa shape index (κ3) is 7.16. The van der Waals surface area contributed by atoms with Crippen molar-refractivity contribution < 1.29 is 37.4 Å². The molecule has 1 aliphatic rings. The molecule has 0 spiro atoms. The number of carbonyl (C=O) groups is 3. The van der Waals surface area contributed by atoms with Gasteiger partial charge in [-0.1, -0.05) is 36.5 Å². The number of aryl methyl sites for hydroxylation is 1. The van der Waals surface area contributed by atoms with Crippen molar-refractivity contribution in [2.75, 3.05) is 19.9 Å². The summed E-state index contributed by atoms with van der Waals surface area (Å²) in [5.74, 6) is -2.76. The maximum absolute atomic E-state index is 14.4. The monoisotopic (exact) mass is 605 g/mol. The smallest absolute Gasteiger partial charge is 0.433 e. The number of unbranched alkanes of at least 4 members (excludes halogenated alkanes) is 1. The molecule has 40 heavy (non-hydrogen) atoms. The first-order chi connectivity index (χ1) is 18.7. The topological polar surface area (TPSA) is 102 Å². The molecule has 1 heterocycles. The first kappa shape index (κ1) is 31.9. The van der Waals surface area contributed by atoms with E-state index in [0.717, 1.165) is 22.2 Å². The third-order valence-electron chi connectivity index (χ3n) is 7.19. The number of halogens is 5. The zero-order chi connectivity index (χ0) is 29.8. The summed E-state index contributed by atoms with van der Waals surface area (Å²) in [6.07, 6.45) is -2.05. The third-order valence-corrected chi connectivity index (χ3v) is 7.79. The number of hydrogen-bond acceptors (Lipinski definition) is 5. The number of hydrogen-bond donors (Lipinski definition) is 1. The molecule has 1 N–H and O–H groups in total. The molecule has 13 heteroatoms. The number of Topliss-reactive ketones (excluding diaryl/α,β-unsaturated/α-hetero) is 1. The van der Waals surface area contributed by atoms with E-state index in [0.29, 0.717) is 12.0 Å². The van der Waals surface area contributed by atoms with Gasteiger partial charge in [0.2, 0.25) is 0 Å². The molecule has 1 saturated carbocycles. The molecule has 0 unspecified atom stereocenters. The summed E-state index contributed by atoms with van der Waals surface area (Å²) in [6, 6.07) is 2.30. The van der Waals surface area contributed by atoms with Gasteiger partial charge in [-0.05, 0) is 63.6 Å². The number of aliphatic carboxylic acids is 1. The molecule has 1 aromatic heterocycles. The molecule has 1 amide bonds. The van der Waals surface area contributed by atoms with E-state index in [1.165, 1.54) is 12.1 Å². The van der Waals surface area contributed by atoms with Crippen LogP contribution in [0.25, 0.3) is 0 Å². The Balaban J connectivity index is 1.94. The van der Waals surface area contributed by atoms with Gasteiger partial charge in [0, 0.05) is 6.61 Å². The Hall–Kier alpha value is -2.63. The number of ether oxygens (including phenoxy) is 1. The molecule has 220 valence electrons. The van der Waals surface area contributed by atoms with E-state index >= 15 is 0 Å². The summed E-state index contributed by atoms with van der Waals surface area (Å²) in [5.41, 5.74) is -2.36. The minimum absolute atomic E-state index is 0.0456. The van der Waals surface area contributed by atoms with Gasteiger partial charge in [-0.2, -0.15) is 18.3 Å². The van der Waals surface area contributed by atoms with Gasteiger partial charge in [-0.25, -0.2) is 0 Å². The van der Waals surface area contributed by atoms with Crippen LogP contribution in [0.5, 0.6) is 0 Å². The molecule has 1 aliphatic carbocycles. The Morgan fingerprint density at radius 1 is 1.20 bits per heavy atom. The van der Waals surface area contributed by atoms with Gasteiger partial charge in [-0.15, -0.1) is 0 Å². The van der Waals surface area contributed by atoms with Gasteiger partial charge in [0.15, 0.2) is 11.5 Å². The Morgan fingerprint density at radius 3 is 2.33 bits per heavy atom. The number of carbonyl (C=O) groups excluding carboxylic acids is 2. The first-order valence-electron chi connectivity index (χ1n) is 12.9. The summed E-state index contributed by atoms with van der Waals surface area (Å²) < 4.78 is 49.4. The van der Waals surface area contributed by atoms with E-state index in [2.05, 4.69) is 5.10 Å². The van der Waals surface area contributed by atoms with Gasteiger partial charge in [0.1, 0.15) is 6.73 Å². The molecular weight excluding hydrogens is 574 g/mol. The van der Waals surface area contributed by atoms with Crippen LogP contribution in [0.15, 0.2) is 18.3 Å². The number of rotatable bonds is 11. The highest BCUT2D eigenvalue weighted by atomic mass is 35.5. The summed E-state index contributed by atoms with van der Waals surface area (Å²) in [4.78, 5) is 39.2. The summed E-state index contributed by atoms with van der Waals surface area (Å²) >= 11 is 12.5. The van der Waals surface area contributed by atoms with E-state index in [1.807, 2.05) is 6.92 Å². The van der Waals surface area contributed by atoms with Crippen molar-refractivity contribution in [2.24, 2.45) is 5.41 Å². The normalized spacial score (nSPS) is 19.4. The summed E-state index contributed by atoms with van der Waals surface area (Å²) in [6.45, 7) is 4.38. The lowest BCUT2D eigenvalue weighted by Gasteiger charge is -2.34. The molecular formula is C27H32Cl2F3N3O5. The largest absolute Gasteiger partial charge is 0.481 e. The predicted octanol–water partition coefficient (Wildman–Crippen LogP) is 6.82. The number of benzene rings is 1. The van der Waals surface area contributed by atoms with Gasteiger partial charge < -0.3 is 14.7 Å². The number of ketones is 1. The van der Waals surface area contributed by atoms with E-state index in [-0.39, 0.29) is 47.9 Å². The van der Waals surface area contributed by atoms with Crippen molar-refractivity contribution >= 4 is 40.9 Å². The quantitative estimate of drug-likeness (QED) is 0.171. The number of alkyl halides is 3. The lowest BCUT2D eigenvalue weighted by atomic mass is 9.74. The summed E-state index contributed by atoms with van der Waals surface area (Å²) in [5, 5.41) is 13.5. The molecule has 2 aromatic rings. The molecule has 0 saturated heterocycles. The standard InChI is InChI=1S/C27H32Cl2F3N3O5/c1-4-5-10-40-15-34(14-21(36)22-19(28)11-16(2)12-20(22)29)24(37)18-13-33-35(23(18)27(30,31)32)17-6-8-26(3,9-7-17)25(38)39/h11-13,17H,4-10,14-15H2,1-3H3,(H,38,39)/t17-,26-. The zero-order valence-corrected chi connectivity index (χ0v) is 24.0. The Labute approximate surface area is 240 Å². The number of aromatic nitrogens is 2. The van der Waals surface area contributed by atoms with Crippen LogP contribution in [0, 0.1) is 12.3 Å². The van der Waals surface area contributed by atoms with Crippen LogP contribution in [-0.4, -0.2) is 57.3 Å². The lowest BCUT2D eigenvalue weighted by molar-refractivity contribution is -0.152. The van der Waals surface area contributed by atoms with Crippen molar-refractivity contribution in [3.05, 3.63) is 50.8 Å². The molecule has 0 radical (unpaired) electrons. The van der Waals surface area contributed by atoms with Crippen molar-refractivity contribution in [1.82, 2.24) is 14.7 Å². The van der Waals surface area contributed by atoms with E-state index < -0.39 is 59.8 Å². The second kappa shape index (κ2) is 12.9. The van der Waals surface area contributed by atoms with Crippen LogP contribution in [-0.2, 0) is 15.7 Å². The highest BCUT2D eigenvalue weighted by Gasteiger charge is 2.45. The first-order valence-corrected chi connectivity index (χ1v) is 13.7. The average Bonchev–Trinajstić information content (AvgIpc) is 3.31. The molecule has 1 fully saturated rings. The number of nitrogens with zero attached hydrogens (tertiary/aromatic N) is 3. The van der Waals surface area contributed by atoms with Gasteiger partial charge in [0.05, 0.1) is 45.4 Å². The maximum Gasteiger partial charge on any atom is 0.433 e. The average molecular weight is 606 g/mol. The SMILES string of the molecule is CCCCOCN(CC(=O)c1c(Cl)cc(C)cc1Cl)C(=O)c1cnn([C@H]2CC[C@](C)(C(=O)O)CC2)c1C(F)(F)F. The zero-order valence-electron chi connectivity index (χ0n) is 22.5. The molecule has 0 atom stereocenters.